The van der Waals surface area contributed by atoms with Gasteiger partial charge in [-0.25, -0.2) is 5.01 Å². The maximum atomic E-state index is 11.4. The Morgan fingerprint density at radius 3 is 2.26 bits per heavy atom. The second kappa shape index (κ2) is 4.94. The van der Waals surface area contributed by atoms with Crippen molar-refractivity contribution >= 4 is 17.9 Å². The molecule has 1 aliphatic rings. The van der Waals surface area contributed by atoms with E-state index in [2.05, 4.69) is 22.6 Å². The lowest BCUT2D eigenvalue weighted by atomic mass is 10.1. The molecule has 1 amide bonds. The number of hydrazine groups is 1. The molecule has 2 aromatic rings. The van der Waals surface area contributed by atoms with Gasteiger partial charge in [-0.1, -0.05) is 42.5 Å². The summed E-state index contributed by atoms with van der Waals surface area (Å²) in [6.45, 7) is 0.217. The predicted molar refractivity (Wildman–Crippen MR) is 75.7 cm³/mol. The minimum absolute atomic E-state index is 0.0489. The molecule has 0 fully saturated rings. The Hall–Kier alpha value is -2.62. The normalized spacial score (nSPS) is 13.9. The Kier molecular flexibility index (Phi) is 2.98. The number of carbonyl (C=O) groups excluding carboxylic acids is 1. The lowest BCUT2D eigenvalue weighted by Gasteiger charge is -2.15. The van der Waals surface area contributed by atoms with Gasteiger partial charge in [-0.15, -0.1) is 0 Å². The van der Waals surface area contributed by atoms with E-state index in [-0.39, 0.29) is 12.5 Å². The monoisotopic (exact) mass is 251 g/mol. The molecule has 4 heteroatoms. The smallest absolute Gasteiger partial charge is 0.268 e. The lowest BCUT2D eigenvalue weighted by Crippen LogP contribution is -2.31. The zero-order valence-electron chi connectivity index (χ0n) is 10.3. The van der Waals surface area contributed by atoms with Crippen LogP contribution in [0.1, 0.15) is 0 Å². The summed E-state index contributed by atoms with van der Waals surface area (Å²) in [6.07, 6.45) is 1.51. The van der Waals surface area contributed by atoms with Gasteiger partial charge in [-0.05, 0) is 23.3 Å². The third-order valence-electron chi connectivity index (χ3n) is 2.93. The first-order chi connectivity index (χ1) is 9.33. The van der Waals surface area contributed by atoms with Crippen LogP contribution in [-0.4, -0.2) is 23.8 Å². The zero-order valence-corrected chi connectivity index (χ0v) is 10.3. The molecule has 0 saturated heterocycles. The minimum atomic E-state index is -0.0489. The van der Waals surface area contributed by atoms with Gasteiger partial charge in [-0.2, -0.15) is 0 Å². The molecular weight excluding hydrogens is 238 g/mol. The molecule has 0 unspecified atom stereocenters. The first-order valence-corrected chi connectivity index (χ1v) is 6.07. The van der Waals surface area contributed by atoms with Gasteiger partial charge in [0.1, 0.15) is 12.9 Å². The van der Waals surface area contributed by atoms with Gasteiger partial charge < -0.3 is 0 Å². The summed E-state index contributed by atoms with van der Waals surface area (Å²) < 4.78 is 0. The molecule has 19 heavy (non-hydrogen) atoms. The summed E-state index contributed by atoms with van der Waals surface area (Å²) in [5.74, 6) is -0.0489. The second-order valence-corrected chi connectivity index (χ2v) is 4.28. The van der Waals surface area contributed by atoms with Gasteiger partial charge in [0.25, 0.3) is 5.91 Å². The van der Waals surface area contributed by atoms with Crippen molar-refractivity contribution < 1.29 is 4.79 Å². The highest BCUT2D eigenvalue weighted by Gasteiger charge is 2.15. The van der Waals surface area contributed by atoms with E-state index in [0.29, 0.717) is 0 Å². The highest BCUT2D eigenvalue weighted by molar-refractivity contribution is 5.95. The second-order valence-electron chi connectivity index (χ2n) is 4.28. The van der Waals surface area contributed by atoms with Crippen molar-refractivity contribution in [1.29, 1.82) is 0 Å². The Labute approximate surface area is 111 Å². The SMILES string of the molecule is O=C1CN=CN1Nc1ccc(-c2ccccc2)cc1. The van der Waals surface area contributed by atoms with Crippen molar-refractivity contribution in [2.75, 3.05) is 12.0 Å². The van der Waals surface area contributed by atoms with Crippen molar-refractivity contribution in [1.82, 2.24) is 5.01 Å². The summed E-state index contributed by atoms with van der Waals surface area (Å²) in [4.78, 5) is 15.3. The number of nitrogens with zero attached hydrogens (tertiary/aromatic N) is 2. The number of hydrogen-bond acceptors (Lipinski definition) is 3. The highest BCUT2D eigenvalue weighted by atomic mass is 16.2. The number of rotatable bonds is 3. The number of nitrogens with one attached hydrogen (secondary N) is 1. The Bertz CT molecular complexity index is 605. The third-order valence-corrected chi connectivity index (χ3v) is 2.93. The molecule has 0 radical (unpaired) electrons. The number of benzene rings is 2. The van der Waals surface area contributed by atoms with Crippen LogP contribution in [0.5, 0.6) is 0 Å². The average molecular weight is 251 g/mol. The summed E-state index contributed by atoms with van der Waals surface area (Å²) in [5.41, 5.74) is 6.19. The van der Waals surface area contributed by atoms with Crippen LogP contribution in [-0.2, 0) is 4.79 Å². The van der Waals surface area contributed by atoms with Gasteiger partial charge in [0.05, 0.1) is 5.69 Å². The van der Waals surface area contributed by atoms with Crippen LogP contribution < -0.4 is 5.43 Å². The van der Waals surface area contributed by atoms with Crippen molar-refractivity contribution in [3.63, 3.8) is 0 Å². The topological polar surface area (TPSA) is 44.7 Å². The van der Waals surface area contributed by atoms with Crippen LogP contribution in [0.2, 0.25) is 0 Å². The number of anilines is 1. The largest absolute Gasteiger partial charge is 0.290 e. The van der Waals surface area contributed by atoms with Crippen LogP contribution in [0.3, 0.4) is 0 Å². The van der Waals surface area contributed by atoms with Gasteiger partial charge in [-0.3, -0.25) is 15.2 Å². The zero-order chi connectivity index (χ0) is 13.1. The first-order valence-electron chi connectivity index (χ1n) is 6.07. The van der Waals surface area contributed by atoms with E-state index in [1.54, 1.807) is 0 Å². The number of hydrogen-bond donors (Lipinski definition) is 1. The summed E-state index contributed by atoms with van der Waals surface area (Å²) in [6, 6.07) is 18.1. The van der Waals surface area contributed by atoms with E-state index < -0.39 is 0 Å². The molecule has 1 N–H and O–H groups in total. The summed E-state index contributed by atoms with van der Waals surface area (Å²) in [5, 5.41) is 1.40. The molecule has 3 rings (SSSR count). The van der Waals surface area contributed by atoms with E-state index in [0.717, 1.165) is 11.3 Å². The molecule has 94 valence electrons. The molecular formula is C15H13N3O. The maximum absolute atomic E-state index is 11.4. The van der Waals surface area contributed by atoms with Gasteiger partial charge in [0, 0.05) is 0 Å². The fourth-order valence-electron chi connectivity index (χ4n) is 1.94. The molecule has 0 saturated carbocycles. The molecule has 0 spiro atoms. The van der Waals surface area contributed by atoms with E-state index in [1.807, 2.05) is 42.5 Å². The quantitative estimate of drug-likeness (QED) is 0.911. The van der Waals surface area contributed by atoms with Crippen LogP contribution in [0.15, 0.2) is 59.6 Å². The van der Waals surface area contributed by atoms with Crippen LogP contribution in [0, 0.1) is 0 Å². The Morgan fingerprint density at radius 1 is 0.947 bits per heavy atom. The van der Waals surface area contributed by atoms with Gasteiger partial charge in [0.15, 0.2) is 0 Å². The number of carbonyl (C=O) groups is 1. The fourth-order valence-corrected chi connectivity index (χ4v) is 1.94. The van der Waals surface area contributed by atoms with Crippen LogP contribution in [0.4, 0.5) is 5.69 Å². The van der Waals surface area contributed by atoms with Crippen molar-refractivity contribution in [2.24, 2.45) is 4.99 Å². The Morgan fingerprint density at radius 2 is 1.63 bits per heavy atom. The molecule has 2 aromatic carbocycles. The van der Waals surface area contributed by atoms with Crippen molar-refractivity contribution in [2.45, 2.75) is 0 Å². The summed E-state index contributed by atoms with van der Waals surface area (Å²) >= 11 is 0. The Balaban J connectivity index is 1.76. The standard InChI is InChI=1S/C15H13N3O/c19-15-10-16-11-18(15)17-14-8-6-13(7-9-14)12-4-2-1-3-5-12/h1-9,11,17H,10H2. The molecule has 1 aliphatic heterocycles. The molecule has 0 aliphatic carbocycles. The molecule has 0 bridgehead atoms. The average Bonchev–Trinajstić information content (AvgIpc) is 2.86. The highest BCUT2D eigenvalue weighted by Crippen LogP contribution is 2.21. The van der Waals surface area contributed by atoms with Crippen molar-refractivity contribution in [3.05, 3.63) is 54.6 Å². The predicted octanol–water partition coefficient (Wildman–Crippen LogP) is 2.55. The van der Waals surface area contributed by atoms with Gasteiger partial charge >= 0.3 is 0 Å². The molecule has 0 atom stereocenters. The lowest BCUT2D eigenvalue weighted by molar-refractivity contribution is -0.123. The molecule has 0 aromatic heterocycles. The summed E-state index contributed by atoms with van der Waals surface area (Å²) in [7, 11) is 0. The van der Waals surface area contributed by atoms with Crippen molar-refractivity contribution in [3.8, 4) is 11.1 Å². The first kappa shape index (κ1) is 11.5. The fraction of sp³-hybridized carbons (Fsp3) is 0.0667. The van der Waals surface area contributed by atoms with E-state index >= 15 is 0 Å². The van der Waals surface area contributed by atoms with E-state index in [1.165, 1.54) is 16.9 Å². The van der Waals surface area contributed by atoms with Crippen LogP contribution in [0.25, 0.3) is 11.1 Å². The molecule has 4 nitrogen and oxygen atoms in total. The van der Waals surface area contributed by atoms with E-state index in [4.69, 9.17) is 0 Å². The van der Waals surface area contributed by atoms with Gasteiger partial charge in [0.2, 0.25) is 0 Å². The third kappa shape index (κ3) is 2.47. The minimum Gasteiger partial charge on any atom is -0.290 e. The molecule has 1 heterocycles. The number of aliphatic imine (C=N–C) groups is 1. The maximum Gasteiger partial charge on any atom is 0.268 e. The van der Waals surface area contributed by atoms with Crippen LogP contribution >= 0.6 is 0 Å². The van der Waals surface area contributed by atoms with E-state index in [9.17, 15) is 4.79 Å². The number of amides is 1.